The highest BCUT2D eigenvalue weighted by Crippen LogP contribution is 2.46. The van der Waals surface area contributed by atoms with E-state index in [4.69, 9.17) is 0 Å². The van der Waals surface area contributed by atoms with Gasteiger partial charge in [-0.05, 0) is 157 Å². The molecule has 0 N–H and O–H groups in total. The van der Waals surface area contributed by atoms with Crippen molar-refractivity contribution >= 4 is 99.8 Å². The molecule has 0 atom stereocenters. The van der Waals surface area contributed by atoms with E-state index < -0.39 is 0 Å². The van der Waals surface area contributed by atoms with E-state index in [1.807, 2.05) is 11.3 Å². The summed E-state index contributed by atoms with van der Waals surface area (Å²) in [5.41, 5.74) is 15.3. The number of para-hydroxylation sites is 7. The third-order valence-corrected chi connectivity index (χ3v) is 14.0. The van der Waals surface area contributed by atoms with Gasteiger partial charge in [0.15, 0.2) is 0 Å². The topological polar surface area (TPSA) is 13.0 Å². The van der Waals surface area contributed by atoms with Crippen molar-refractivity contribution < 1.29 is 0 Å². The summed E-state index contributed by atoms with van der Waals surface area (Å²) in [5, 5.41) is 2.47. The number of anilines is 12. The quantitative estimate of drug-likeness (QED) is 0.114. The highest BCUT2D eigenvalue weighted by atomic mass is 32.1. The largest absolute Gasteiger partial charge is 0.310 e. The molecule has 0 aliphatic rings. The standard InChI is InChI=1S/C66H48N4S/c1-8-23-51(24-9-1)67(52-25-10-2-11-26-52)58-37-22-38-59(46-58)70(57-35-20-7-21-36-57)60-40-41-63-64-45-49(39-42-65(64)71-66(63)48-60)50-43-61(68(53-27-12-3-13-28-53)54-29-14-4-15-30-54)47-62(44-50)69(55-31-16-5-17-32-55)56-33-18-6-19-34-56/h1-48H. The Hall–Kier alpha value is -9.16. The number of thiophene rings is 1. The van der Waals surface area contributed by atoms with Crippen LogP contribution in [-0.4, -0.2) is 0 Å². The van der Waals surface area contributed by atoms with E-state index in [1.165, 1.54) is 20.2 Å². The highest BCUT2D eigenvalue weighted by molar-refractivity contribution is 7.25. The minimum absolute atomic E-state index is 1.06. The lowest BCUT2D eigenvalue weighted by atomic mass is 10.00. The molecule has 5 heteroatoms. The molecule has 0 unspecified atom stereocenters. The second-order valence-electron chi connectivity index (χ2n) is 17.4. The Morgan fingerprint density at radius 2 is 0.507 bits per heavy atom. The SMILES string of the molecule is c1ccc(N(c2ccccc2)c2cccc(N(c3ccccc3)c3ccc4c(c3)sc3ccc(-c5cc(N(c6ccccc6)c6ccccc6)cc(N(c6ccccc6)c6ccccc6)c5)cc34)c2)cc1. The summed E-state index contributed by atoms with van der Waals surface area (Å²) in [6, 6.07) is 104. The van der Waals surface area contributed by atoms with Crippen LogP contribution in [0.4, 0.5) is 68.2 Å². The lowest BCUT2D eigenvalue weighted by Gasteiger charge is -2.30. The fourth-order valence-electron chi connectivity index (χ4n) is 9.70. The fourth-order valence-corrected chi connectivity index (χ4v) is 10.8. The molecule has 12 aromatic rings. The smallest absolute Gasteiger partial charge is 0.0488 e. The van der Waals surface area contributed by atoms with E-state index in [0.717, 1.165) is 79.4 Å². The molecule has 338 valence electrons. The monoisotopic (exact) mass is 928 g/mol. The Bertz CT molecular complexity index is 3480. The minimum atomic E-state index is 1.06. The van der Waals surface area contributed by atoms with Crippen LogP contribution >= 0.6 is 11.3 Å². The van der Waals surface area contributed by atoms with Gasteiger partial charge in [-0.15, -0.1) is 11.3 Å². The summed E-state index contributed by atoms with van der Waals surface area (Å²) in [6.07, 6.45) is 0. The van der Waals surface area contributed by atoms with Crippen molar-refractivity contribution in [1.82, 2.24) is 0 Å². The highest BCUT2D eigenvalue weighted by Gasteiger charge is 2.21. The maximum Gasteiger partial charge on any atom is 0.0488 e. The summed E-state index contributed by atoms with van der Waals surface area (Å²) in [7, 11) is 0. The van der Waals surface area contributed by atoms with Crippen LogP contribution in [0.15, 0.2) is 291 Å². The first kappa shape index (κ1) is 43.1. The zero-order chi connectivity index (χ0) is 47.3. The third-order valence-electron chi connectivity index (χ3n) is 12.9. The third kappa shape index (κ3) is 8.79. The van der Waals surface area contributed by atoms with Crippen molar-refractivity contribution in [3.63, 3.8) is 0 Å². The average Bonchev–Trinajstić information content (AvgIpc) is 3.81. The second kappa shape index (κ2) is 19.4. The summed E-state index contributed by atoms with van der Waals surface area (Å²) < 4.78 is 2.48. The first-order valence-electron chi connectivity index (χ1n) is 24.0. The van der Waals surface area contributed by atoms with Gasteiger partial charge in [-0.25, -0.2) is 0 Å². The zero-order valence-electron chi connectivity index (χ0n) is 38.9. The Balaban J connectivity index is 0.989. The molecule has 0 saturated heterocycles. The van der Waals surface area contributed by atoms with E-state index in [0.29, 0.717) is 0 Å². The van der Waals surface area contributed by atoms with E-state index in [-0.39, 0.29) is 0 Å². The lowest BCUT2D eigenvalue weighted by molar-refractivity contribution is 1.25. The van der Waals surface area contributed by atoms with Gasteiger partial charge < -0.3 is 19.6 Å². The van der Waals surface area contributed by atoms with Gasteiger partial charge in [-0.1, -0.05) is 146 Å². The molecule has 1 aromatic heterocycles. The maximum absolute atomic E-state index is 2.39. The predicted octanol–water partition coefficient (Wildman–Crippen LogP) is 19.6. The van der Waals surface area contributed by atoms with Gasteiger partial charge >= 0.3 is 0 Å². The van der Waals surface area contributed by atoms with Crippen LogP contribution in [0.2, 0.25) is 0 Å². The summed E-state index contributed by atoms with van der Waals surface area (Å²) >= 11 is 1.84. The number of rotatable bonds is 13. The van der Waals surface area contributed by atoms with Crippen LogP contribution in [0.3, 0.4) is 0 Å². The van der Waals surface area contributed by atoms with Gasteiger partial charge in [0.1, 0.15) is 0 Å². The maximum atomic E-state index is 2.39. The van der Waals surface area contributed by atoms with Crippen molar-refractivity contribution in [2.45, 2.75) is 0 Å². The number of fused-ring (bicyclic) bond motifs is 3. The van der Waals surface area contributed by atoms with Crippen LogP contribution in [-0.2, 0) is 0 Å². The molecule has 0 spiro atoms. The Morgan fingerprint density at radius 1 is 0.183 bits per heavy atom. The van der Waals surface area contributed by atoms with E-state index in [9.17, 15) is 0 Å². The van der Waals surface area contributed by atoms with Crippen molar-refractivity contribution in [3.05, 3.63) is 291 Å². The summed E-state index contributed by atoms with van der Waals surface area (Å²) in [6.45, 7) is 0. The van der Waals surface area contributed by atoms with Crippen molar-refractivity contribution in [3.8, 4) is 11.1 Å². The molecule has 4 nitrogen and oxygen atoms in total. The van der Waals surface area contributed by atoms with Gasteiger partial charge in [0.05, 0.1) is 0 Å². The lowest BCUT2D eigenvalue weighted by Crippen LogP contribution is -2.13. The van der Waals surface area contributed by atoms with E-state index in [1.54, 1.807) is 0 Å². The minimum Gasteiger partial charge on any atom is -0.310 e. The molecule has 0 radical (unpaired) electrons. The van der Waals surface area contributed by atoms with Gasteiger partial charge in [-0.3, -0.25) is 0 Å². The molecular formula is C66H48N4S. The number of nitrogens with zero attached hydrogens (tertiary/aromatic N) is 4. The molecule has 11 aromatic carbocycles. The molecule has 71 heavy (non-hydrogen) atoms. The molecule has 12 rings (SSSR count). The van der Waals surface area contributed by atoms with Crippen molar-refractivity contribution in [2.24, 2.45) is 0 Å². The first-order chi connectivity index (χ1) is 35.2. The Kier molecular flexibility index (Phi) is 11.8. The van der Waals surface area contributed by atoms with Crippen molar-refractivity contribution in [1.29, 1.82) is 0 Å². The van der Waals surface area contributed by atoms with E-state index in [2.05, 4.69) is 311 Å². The first-order valence-corrected chi connectivity index (χ1v) is 24.8. The van der Waals surface area contributed by atoms with Crippen LogP contribution in [0, 0.1) is 0 Å². The van der Waals surface area contributed by atoms with Crippen LogP contribution in [0.5, 0.6) is 0 Å². The molecule has 1 heterocycles. The zero-order valence-corrected chi connectivity index (χ0v) is 39.7. The molecule has 0 amide bonds. The molecule has 0 saturated carbocycles. The predicted molar refractivity (Wildman–Crippen MR) is 303 cm³/mol. The molecule has 0 aliphatic heterocycles. The normalized spacial score (nSPS) is 11.1. The average molecular weight is 929 g/mol. The number of benzene rings is 11. The van der Waals surface area contributed by atoms with Gasteiger partial charge in [0, 0.05) is 88.4 Å². The van der Waals surface area contributed by atoms with Crippen LogP contribution in [0.25, 0.3) is 31.3 Å². The Labute approximate surface area is 419 Å². The van der Waals surface area contributed by atoms with Crippen LogP contribution < -0.4 is 19.6 Å². The second-order valence-corrected chi connectivity index (χ2v) is 18.5. The van der Waals surface area contributed by atoms with Gasteiger partial charge in [0.25, 0.3) is 0 Å². The molecule has 0 fully saturated rings. The number of hydrogen-bond donors (Lipinski definition) is 0. The number of hydrogen-bond acceptors (Lipinski definition) is 5. The van der Waals surface area contributed by atoms with Gasteiger partial charge in [0.2, 0.25) is 0 Å². The van der Waals surface area contributed by atoms with E-state index >= 15 is 0 Å². The molecule has 0 bridgehead atoms. The summed E-state index contributed by atoms with van der Waals surface area (Å²) in [5.74, 6) is 0. The van der Waals surface area contributed by atoms with Crippen molar-refractivity contribution in [2.75, 3.05) is 19.6 Å². The summed E-state index contributed by atoms with van der Waals surface area (Å²) in [4.78, 5) is 9.41. The van der Waals surface area contributed by atoms with Crippen LogP contribution in [0.1, 0.15) is 0 Å². The fraction of sp³-hybridized carbons (Fsp3) is 0. The Morgan fingerprint density at radius 3 is 0.901 bits per heavy atom. The van der Waals surface area contributed by atoms with Gasteiger partial charge in [-0.2, -0.15) is 0 Å². The molecule has 0 aliphatic carbocycles. The molecular weight excluding hydrogens is 881 g/mol.